The van der Waals surface area contributed by atoms with Crippen molar-refractivity contribution in [3.8, 4) is 0 Å². The third-order valence-corrected chi connectivity index (χ3v) is 5.25. The normalized spacial score (nSPS) is 11.6. The van der Waals surface area contributed by atoms with Crippen molar-refractivity contribution in [2.24, 2.45) is 0 Å². The zero-order chi connectivity index (χ0) is 21.5. The van der Waals surface area contributed by atoms with Crippen LogP contribution in [0.3, 0.4) is 0 Å². The highest BCUT2D eigenvalue weighted by Crippen LogP contribution is 2.24. The number of rotatable bonds is 7. The van der Waals surface area contributed by atoms with Crippen molar-refractivity contribution in [2.75, 3.05) is 4.90 Å². The van der Waals surface area contributed by atoms with Crippen molar-refractivity contribution in [1.82, 2.24) is 10.3 Å². The average molecular weight is 466 g/mol. The van der Waals surface area contributed by atoms with Gasteiger partial charge in [-0.05, 0) is 48.9 Å². The third kappa shape index (κ3) is 6.00. The first-order valence-corrected chi connectivity index (χ1v) is 10.5. The van der Waals surface area contributed by atoms with Crippen molar-refractivity contribution in [3.63, 3.8) is 0 Å². The summed E-state index contributed by atoms with van der Waals surface area (Å²) in [4.78, 5) is 31.3. The zero-order valence-corrected chi connectivity index (χ0v) is 18.6. The Labute approximate surface area is 185 Å². The van der Waals surface area contributed by atoms with Gasteiger partial charge < -0.3 is 10.2 Å². The number of benzene rings is 2. The lowest BCUT2D eigenvalue weighted by Gasteiger charge is -2.26. The number of aryl methyl sites for hydroxylation is 1. The minimum atomic E-state index is -0.405. The topological polar surface area (TPSA) is 62.3 Å². The third-order valence-electron chi connectivity index (χ3n) is 4.72. The Hall–Kier alpha value is -2.99. The molecule has 6 heteroatoms. The molecule has 0 aliphatic heterocycles. The molecule has 1 aromatic heterocycles. The van der Waals surface area contributed by atoms with E-state index in [0.717, 1.165) is 27.0 Å². The minimum Gasteiger partial charge on any atom is -0.349 e. The molecule has 0 bridgehead atoms. The number of aromatic nitrogens is 1. The molecule has 1 unspecified atom stereocenters. The molecule has 3 rings (SSSR count). The number of carbonyl (C=O) groups excluding carboxylic acids is 2. The molecule has 1 atom stereocenters. The van der Waals surface area contributed by atoms with Crippen molar-refractivity contribution < 1.29 is 9.59 Å². The molecule has 0 fully saturated rings. The Balaban J connectivity index is 1.88. The summed E-state index contributed by atoms with van der Waals surface area (Å²) in [6, 6.07) is 20.7. The summed E-state index contributed by atoms with van der Waals surface area (Å²) in [6.07, 6.45) is 1.86. The van der Waals surface area contributed by atoms with Crippen LogP contribution < -0.4 is 10.2 Å². The quantitative estimate of drug-likeness (QED) is 0.536. The maximum atomic E-state index is 13.4. The van der Waals surface area contributed by atoms with E-state index in [2.05, 4.69) is 26.2 Å². The second kappa shape index (κ2) is 10.2. The van der Waals surface area contributed by atoms with E-state index in [1.54, 1.807) is 11.1 Å². The van der Waals surface area contributed by atoms with Crippen LogP contribution in [0.25, 0.3) is 0 Å². The minimum absolute atomic E-state index is 0.0951. The van der Waals surface area contributed by atoms with Crippen LogP contribution in [0.4, 0.5) is 5.69 Å². The van der Waals surface area contributed by atoms with Crippen molar-refractivity contribution in [1.29, 1.82) is 0 Å². The van der Waals surface area contributed by atoms with E-state index in [-0.39, 0.29) is 18.2 Å². The SMILES string of the molecule is CC(=O)NC(CC(=O)N(Cc1ccccn1)c1ccc(Br)cc1)c1ccc(C)cc1. The van der Waals surface area contributed by atoms with Gasteiger partial charge in [-0.1, -0.05) is 51.8 Å². The summed E-state index contributed by atoms with van der Waals surface area (Å²) in [5.41, 5.74) is 3.59. The van der Waals surface area contributed by atoms with Crippen LogP contribution in [0.5, 0.6) is 0 Å². The molecule has 0 spiro atoms. The van der Waals surface area contributed by atoms with E-state index in [0.29, 0.717) is 6.54 Å². The first-order valence-electron chi connectivity index (χ1n) is 9.72. The number of carbonyl (C=O) groups is 2. The lowest BCUT2D eigenvalue weighted by atomic mass is 10.0. The lowest BCUT2D eigenvalue weighted by molar-refractivity contribution is -0.121. The van der Waals surface area contributed by atoms with E-state index in [4.69, 9.17) is 0 Å². The number of halogens is 1. The van der Waals surface area contributed by atoms with Gasteiger partial charge in [0.1, 0.15) is 0 Å². The number of anilines is 1. The first kappa shape index (κ1) is 21.7. The maximum absolute atomic E-state index is 13.4. The number of pyridine rings is 1. The van der Waals surface area contributed by atoms with Gasteiger partial charge in [0, 0.05) is 23.3 Å². The highest BCUT2D eigenvalue weighted by atomic mass is 79.9. The largest absolute Gasteiger partial charge is 0.349 e. The first-order chi connectivity index (χ1) is 14.4. The van der Waals surface area contributed by atoms with Crippen molar-refractivity contribution in [3.05, 3.63) is 94.2 Å². The van der Waals surface area contributed by atoms with Gasteiger partial charge in [0.2, 0.25) is 11.8 Å². The molecule has 0 saturated carbocycles. The molecule has 0 aliphatic carbocycles. The van der Waals surface area contributed by atoms with Gasteiger partial charge >= 0.3 is 0 Å². The van der Waals surface area contributed by atoms with E-state index in [1.807, 2.05) is 73.7 Å². The summed E-state index contributed by atoms with van der Waals surface area (Å²) in [6.45, 7) is 3.82. The van der Waals surface area contributed by atoms with Gasteiger partial charge in [-0.3, -0.25) is 14.6 Å². The Kier molecular flexibility index (Phi) is 7.36. The Bertz CT molecular complexity index is 989. The van der Waals surface area contributed by atoms with Gasteiger partial charge in [-0.25, -0.2) is 0 Å². The summed E-state index contributed by atoms with van der Waals surface area (Å²) in [5, 5.41) is 2.92. The molecule has 1 N–H and O–H groups in total. The molecule has 30 heavy (non-hydrogen) atoms. The van der Waals surface area contributed by atoms with Gasteiger partial charge in [0.05, 0.1) is 24.7 Å². The van der Waals surface area contributed by atoms with Crippen LogP contribution in [-0.4, -0.2) is 16.8 Å². The summed E-state index contributed by atoms with van der Waals surface area (Å²) < 4.78 is 0.937. The van der Waals surface area contributed by atoms with E-state index >= 15 is 0 Å². The van der Waals surface area contributed by atoms with E-state index in [1.165, 1.54) is 6.92 Å². The summed E-state index contributed by atoms with van der Waals surface area (Å²) >= 11 is 3.44. The van der Waals surface area contributed by atoms with Crippen molar-refractivity contribution in [2.45, 2.75) is 32.9 Å². The molecule has 5 nitrogen and oxygen atoms in total. The highest BCUT2D eigenvalue weighted by molar-refractivity contribution is 9.10. The predicted octanol–water partition coefficient (Wildman–Crippen LogP) is 4.95. The van der Waals surface area contributed by atoms with Crippen LogP contribution in [0, 0.1) is 6.92 Å². The molecular formula is C24H24BrN3O2. The smallest absolute Gasteiger partial charge is 0.229 e. The molecular weight excluding hydrogens is 442 g/mol. The second-order valence-corrected chi connectivity index (χ2v) is 8.06. The van der Waals surface area contributed by atoms with Gasteiger partial charge in [0.25, 0.3) is 0 Å². The Morgan fingerprint density at radius 1 is 1.03 bits per heavy atom. The second-order valence-electron chi connectivity index (χ2n) is 7.15. The number of amides is 2. The van der Waals surface area contributed by atoms with Gasteiger partial charge in [0.15, 0.2) is 0 Å². The zero-order valence-electron chi connectivity index (χ0n) is 17.0. The molecule has 2 aromatic carbocycles. The van der Waals surface area contributed by atoms with Crippen LogP contribution >= 0.6 is 15.9 Å². The number of hydrogen-bond donors (Lipinski definition) is 1. The monoisotopic (exact) mass is 465 g/mol. The predicted molar refractivity (Wildman–Crippen MR) is 122 cm³/mol. The number of hydrogen-bond acceptors (Lipinski definition) is 3. The number of nitrogens with one attached hydrogen (secondary N) is 1. The molecule has 3 aromatic rings. The standard InChI is InChI=1S/C24H24BrN3O2/c1-17-6-8-19(9-7-17)23(27-18(2)29)15-24(30)28(16-21-5-3-4-14-26-21)22-12-10-20(25)11-13-22/h3-14,23H,15-16H2,1-2H3,(H,27,29). The molecule has 0 aliphatic rings. The fourth-order valence-electron chi connectivity index (χ4n) is 3.18. The fourth-order valence-corrected chi connectivity index (χ4v) is 3.44. The Morgan fingerprint density at radius 3 is 2.33 bits per heavy atom. The maximum Gasteiger partial charge on any atom is 0.229 e. The molecule has 0 radical (unpaired) electrons. The lowest BCUT2D eigenvalue weighted by Crippen LogP contribution is -2.36. The Morgan fingerprint density at radius 2 is 1.73 bits per heavy atom. The van der Waals surface area contributed by atoms with Crippen LogP contribution in [0.1, 0.15) is 36.2 Å². The fraction of sp³-hybridized carbons (Fsp3) is 0.208. The average Bonchev–Trinajstić information content (AvgIpc) is 2.73. The van der Waals surface area contributed by atoms with E-state index in [9.17, 15) is 9.59 Å². The van der Waals surface area contributed by atoms with Gasteiger partial charge in [-0.15, -0.1) is 0 Å². The number of nitrogens with zero attached hydrogens (tertiary/aromatic N) is 2. The van der Waals surface area contributed by atoms with Gasteiger partial charge in [-0.2, -0.15) is 0 Å². The summed E-state index contributed by atoms with van der Waals surface area (Å²) in [7, 11) is 0. The summed E-state index contributed by atoms with van der Waals surface area (Å²) in [5.74, 6) is -0.268. The van der Waals surface area contributed by atoms with Crippen LogP contribution in [0.2, 0.25) is 0 Å². The van der Waals surface area contributed by atoms with Crippen molar-refractivity contribution >= 4 is 33.4 Å². The van der Waals surface area contributed by atoms with E-state index < -0.39 is 6.04 Å². The van der Waals surface area contributed by atoms with Crippen LogP contribution in [0.15, 0.2) is 77.4 Å². The molecule has 1 heterocycles. The molecule has 154 valence electrons. The van der Waals surface area contributed by atoms with Crippen LogP contribution in [-0.2, 0) is 16.1 Å². The molecule has 2 amide bonds. The highest BCUT2D eigenvalue weighted by Gasteiger charge is 2.23. The molecule has 0 saturated heterocycles.